The number of ether oxygens (including phenoxy) is 1. The molecule has 0 atom stereocenters. The number of rotatable bonds is 7. The van der Waals surface area contributed by atoms with Crippen LogP contribution in [0, 0.1) is 5.82 Å². The zero-order valence-electron chi connectivity index (χ0n) is 19.2. The molecule has 2 heterocycles. The van der Waals surface area contributed by atoms with Crippen molar-refractivity contribution in [2.45, 2.75) is 58.5 Å². The zero-order valence-corrected chi connectivity index (χ0v) is 19.2. The zero-order chi connectivity index (χ0) is 22.9. The van der Waals surface area contributed by atoms with Crippen LogP contribution in [0.5, 0.6) is 5.75 Å². The molecule has 0 radical (unpaired) electrons. The van der Waals surface area contributed by atoms with Crippen molar-refractivity contribution in [2.75, 3.05) is 5.32 Å². The summed E-state index contributed by atoms with van der Waals surface area (Å²) in [6.07, 6.45) is 5.61. The number of nitrogens with one attached hydrogen (secondary N) is 1. The average molecular weight is 436 g/mol. The number of aromatic nitrogens is 2. The second-order valence-corrected chi connectivity index (χ2v) is 9.16. The van der Waals surface area contributed by atoms with Crippen LogP contribution < -0.4 is 10.1 Å². The number of anilines is 1. The molecular formula is C26H30FN3O2. The SMILES string of the molecule is CCCc1ccc(CCc2cc(C(=O)Nc3ccn(C)n3)cc3c2CC(C)(C)O3)c(F)c1. The molecule has 1 N–H and O–H groups in total. The molecule has 1 amide bonds. The van der Waals surface area contributed by atoms with Crippen LogP contribution in [0.15, 0.2) is 42.6 Å². The largest absolute Gasteiger partial charge is 0.487 e. The minimum absolute atomic E-state index is 0.159. The minimum atomic E-state index is -0.333. The lowest BCUT2D eigenvalue weighted by Gasteiger charge is -2.16. The summed E-state index contributed by atoms with van der Waals surface area (Å²) in [5.41, 5.74) is 4.03. The van der Waals surface area contributed by atoms with Gasteiger partial charge >= 0.3 is 0 Å². The number of amides is 1. The average Bonchev–Trinajstić information content (AvgIpc) is 3.27. The lowest BCUT2D eigenvalue weighted by molar-refractivity contribution is 0.102. The maximum atomic E-state index is 14.6. The van der Waals surface area contributed by atoms with E-state index in [4.69, 9.17) is 4.74 Å². The van der Waals surface area contributed by atoms with Gasteiger partial charge in [-0.15, -0.1) is 0 Å². The first kappa shape index (κ1) is 22.1. The number of nitrogens with zero attached hydrogens (tertiary/aromatic N) is 2. The van der Waals surface area contributed by atoms with E-state index in [0.29, 0.717) is 29.8 Å². The lowest BCUT2D eigenvalue weighted by atomic mass is 9.92. The summed E-state index contributed by atoms with van der Waals surface area (Å²) in [6, 6.07) is 11.0. The van der Waals surface area contributed by atoms with Gasteiger partial charge in [-0.1, -0.05) is 25.5 Å². The molecule has 2 aromatic carbocycles. The van der Waals surface area contributed by atoms with Crippen LogP contribution in [0.2, 0.25) is 0 Å². The molecule has 0 saturated carbocycles. The minimum Gasteiger partial charge on any atom is -0.487 e. The topological polar surface area (TPSA) is 56.2 Å². The summed E-state index contributed by atoms with van der Waals surface area (Å²) < 4.78 is 22.4. The van der Waals surface area contributed by atoms with E-state index < -0.39 is 0 Å². The Bertz CT molecular complexity index is 1150. The smallest absolute Gasteiger partial charge is 0.257 e. The van der Waals surface area contributed by atoms with Gasteiger partial charge in [-0.3, -0.25) is 9.48 Å². The molecule has 6 heteroatoms. The predicted molar refractivity (Wildman–Crippen MR) is 124 cm³/mol. The van der Waals surface area contributed by atoms with Crippen LogP contribution in [0.25, 0.3) is 0 Å². The van der Waals surface area contributed by atoms with Gasteiger partial charge in [0, 0.05) is 36.9 Å². The Hall–Kier alpha value is -3.15. The first-order valence-electron chi connectivity index (χ1n) is 11.2. The fourth-order valence-corrected chi connectivity index (χ4v) is 4.29. The molecular weight excluding hydrogens is 405 g/mol. The maximum absolute atomic E-state index is 14.6. The predicted octanol–water partition coefficient (Wildman–Crippen LogP) is 5.26. The first-order valence-corrected chi connectivity index (χ1v) is 11.2. The van der Waals surface area contributed by atoms with Crippen molar-refractivity contribution >= 4 is 11.7 Å². The third-order valence-corrected chi connectivity index (χ3v) is 5.83. The Kier molecular flexibility index (Phi) is 6.04. The van der Waals surface area contributed by atoms with Gasteiger partial charge in [0.2, 0.25) is 0 Å². The van der Waals surface area contributed by atoms with Gasteiger partial charge < -0.3 is 10.1 Å². The van der Waals surface area contributed by atoms with E-state index in [1.807, 2.05) is 32.0 Å². The number of benzene rings is 2. The Morgan fingerprint density at radius 2 is 1.94 bits per heavy atom. The van der Waals surface area contributed by atoms with Crippen molar-refractivity contribution in [3.8, 4) is 5.75 Å². The maximum Gasteiger partial charge on any atom is 0.257 e. The summed E-state index contributed by atoms with van der Waals surface area (Å²) >= 11 is 0. The van der Waals surface area contributed by atoms with Gasteiger partial charge in [-0.05, 0) is 68.0 Å². The molecule has 0 fully saturated rings. The van der Waals surface area contributed by atoms with E-state index in [-0.39, 0.29) is 17.3 Å². The summed E-state index contributed by atoms with van der Waals surface area (Å²) in [5.74, 6) is 0.830. The van der Waals surface area contributed by atoms with E-state index in [0.717, 1.165) is 41.7 Å². The second kappa shape index (κ2) is 8.77. The molecule has 168 valence electrons. The highest BCUT2D eigenvalue weighted by Gasteiger charge is 2.32. The molecule has 5 nitrogen and oxygen atoms in total. The van der Waals surface area contributed by atoms with E-state index >= 15 is 0 Å². The molecule has 4 rings (SSSR count). The monoisotopic (exact) mass is 435 g/mol. The highest BCUT2D eigenvalue weighted by Crippen LogP contribution is 2.38. The van der Waals surface area contributed by atoms with Crippen LogP contribution in [-0.2, 0) is 32.7 Å². The summed E-state index contributed by atoms with van der Waals surface area (Å²) in [5, 5.41) is 7.04. The normalized spacial score (nSPS) is 14.2. The van der Waals surface area contributed by atoms with E-state index in [1.54, 1.807) is 36.1 Å². The third-order valence-electron chi connectivity index (χ3n) is 5.83. The van der Waals surface area contributed by atoms with E-state index in [9.17, 15) is 9.18 Å². The van der Waals surface area contributed by atoms with Crippen molar-refractivity contribution in [3.05, 3.63) is 76.2 Å². The molecule has 0 unspecified atom stereocenters. The fourth-order valence-electron chi connectivity index (χ4n) is 4.29. The van der Waals surface area contributed by atoms with Gasteiger partial charge in [0.05, 0.1) is 0 Å². The number of halogens is 1. The first-order chi connectivity index (χ1) is 15.2. The highest BCUT2D eigenvalue weighted by atomic mass is 19.1. The van der Waals surface area contributed by atoms with Crippen LogP contribution in [-0.4, -0.2) is 21.3 Å². The van der Waals surface area contributed by atoms with Crippen molar-refractivity contribution in [1.29, 1.82) is 0 Å². The van der Waals surface area contributed by atoms with E-state index in [1.165, 1.54) is 0 Å². The Labute approximate surface area is 188 Å². The van der Waals surface area contributed by atoms with Crippen LogP contribution in [0.4, 0.5) is 10.2 Å². The van der Waals surface area contributed by atoms with E-state index in [2.05, 4.69) is 17.3 Å². The molecule has 32 heavy (non-hydrogen) atoms. The van der Waals surface area contributed by atoms with Crippen molar-refractivity contribution in [1.82, 2.24) is 9.78 Å². The molecule has 1 aliphatic heterocycles. The van der Waals surface area contributed by atoms with Gasteiger partial charge in [-0.25, -0.2) is 4.39 Å². The highest BCUT2D eigenvalue weighted by molar-refractivity contribution is 6.04. The second-order valence-electron chi connectivity index (χ2n) is 9.16. The molecule has 3 aromatic rings. The van der Waals surface area contributed by atoms with Crippen molar-refractivity contribution < 1.29 is 13.9 Å². The number of hydrogen-bond donors (Lipinski definition) is 1. The van der Waals surface area contributed by atoms with Crippen LogP contribution in [0.3, 0.4) is 0 Å². The lowest BCUT2D eigenvalue weighted by Crippen LogP contribution is -2.24. The summed E-state index contributed by atoms with van der Waals surface area (Å²) in [7, 11) is 1.80. The number of carbonyl (C=O) groups excluding carboxylic acids is 1. The fraction of sp³-hybridized carbons (Fsp3) is 0.385. The molecule has 1 aromatic heterocycles. The summed E-state index contributed by atoms with van der Waals surface area (Å²) in [4.78, 5) is 12.9. The molecule has 0 aliphatic carbocycles. The van der Waals surface area contributed by atoms with Crippen molar-refractivity contribution in [3.63, 3.8) is 0 Å². The van der Waals surface area contributed by atoms with Crippen LogP contribution in [0.1, 0.15) is 59.8 Å². The van der Waals surface area contributed by atoms with Gasteiger partial charge in [0.25, 0.3) is 5.91 Å². The Morgan fingerprint density at radius 1 is 1.16 bits per heavy atom. The molecule has 1 aliphatic rings. The molecule has 0 bridgehead atoms. The number of hydrogen-bond acceptors (Lipinski definition) is 3. The van der Waals surface area contributed by atoms with Crippen LogP contribution >= 0.6 is 0 Å². The van der Waals surface area contributed by atoms with Crippen molar-refractivity contribution in [2.24, 2.45) is 7.05 Å². The summed E-state index contributed by atoms with van der Waals surface area (Å²) in [6.45, 7) is 6.17. The third kappa shape index (κ3) is 4.85. The standard InChI is InChI=1S/C26H30FN3O2/c1-5-6-17-7-8-18(22(27)13-17)9-10-19-14-20(15-23-21(19)16-26(2,3)32-23)25(31)28-24-11-12-30(4)29-24/h7-8,11-15H,5-6,9-10,16H2,1-4H3,(H,28,29,31). The molecule has 0 saturated heterocycles. The Balaban J connectivity index is 1.59. The number of aryl methyl sites for hydroxylation is 4. The number of carbonyl (C=O) groups is 1. The molecule has 0 spiro atoms. The van der Waals surface area contributed by atoms with Gasteiger partial charge in [0.15, 0.2) is 5.82 Å². The van der Waals surface area contributed by atoms with Gasteiger partial charge in [-0.2, -0.15) is 5.10 Å². The number of fused-ring (bicyclic) bond motifs is 1. The Morgan fingerprint density at radius 3 is 2.62 bits per heavy atom. The quantitative estimate of drug-likeness (QED) is 0.551. The van der Waals surface area contributed by atoms with Gasteiger partial charge in [0.1, 0.15) is 17.2 Å².